The lowest BCUT2D eigenvalue weighted by Crippen LogP contribution is -2.34. The maximum absolute atomic E-state index is 13.1. The van der Waals surface area contributed by atoms with Gasteiger partial charge in [0.15, 0.2) is 17.3 Å². The van der Waals surface area contributed by atoms with E-state index in [1.807, 2.05) is 0 Å². The molecule has 1 aromatic heterocycles. The quantitative estimate of drug-likeness (QED) is 0.835. The van der Waals surface area contributed by atoms with Gasteiger partial charge in [0, 0.05) is 12.1 Å². The summed E-state index contributed by atoms with van der Waals surface area (Å²) in [5, 5.41) is 4.14. The molecule has 1 amide bonds. The van der Waals surface area contributed by atoms with Gasteiger partial charge in [-0.2, -0.15) is 4.98 Å². The molecular weight excluding hydrogens is 384 g/mol. The van der Waals surface area contributed by atoms with Crippen LogP contribution in [0, 0.1) is 0 Å². The maximum Gasteiger partial charge on any atom is 0.254 e. The van der Waals surface area contributed by atoms with Crippen LogP contribution >= 0.6 is 12.4 Å². The second kappa shape index (κ2) is 7.25. The zero-order valence-corrected chi connectivity index (χ0v) is 16.2. The first-order valence-electron chi connectivity index (χ1n) is 9.48. The molecule has 2 N–H and O–H groups in total. The fourth-order valence-corrected chi connectivity index (χ4v) is 4.26. The average molecular weight is 407 g/mol. The van der Waals surface area contributed by atoms with E-state index in [9.17, 15) is 4.79 Å². The molecule has 0 bridgehead atoms. The molecule has 3 heterocycles. The van der Waals surface area contributed by atoms with Crippen molar-refractivity contribution in [3.05, 3.63) is 35.5 Å². The minimum atomic E-state index is -0.494. The molecule has 2 aliphatic heterocycles. The summed E-state index contributed by atoms with van der Waals surface area (Å²) in [6.07, 6.45) is 5.60. The van der Waals surface area contributed by atoms with E-state index in [1.54, 1.807) is 23.1 Å². The Morgan fingerprint density at radius 2 is 1.96 bits per heavy atom. The second-order valence-electron chi connectivity index (χ2n) is 7.54. The predicted octanol–water partition coefficient (Wildman–Crippen LogP) is 2.93. The number of nitrogens with zero attached hydrogens (tertiary/aromatic N) is 3. The van der Waals surface area contributed by atoms with Crippen molar-refractivity contribution in [1.29, 1.82) is 0 Å². The number of nitrogens with two attached hydrogens (primary N) is 1. The summed E-state index contributed by atoms with van der Waals surface area (Å²) in [4.78, 5) is 19.5. The summed E-state index contributed by atoms with van der Waals surface area (Å²) < 4.78 is 16.2. The van der Waals surface area contributed by atoms with Gasteiger partial charge in [-0.15, -0.1) is 12.4 Å². The molecule has 150 valence electrons. The van der Waals surface area contributed by atoms with E-state index in [0.29, 0.717) is 35.3 Å². The van der Waals surface area contributed by atoms with Gasteiger partial charge in [-0.25, -0.2) is 0 Å². The molecule has 1 atom stereocenters. The SMILES string of the molecule is Cl.NC1(c2noc(C3CCCN3C(=O)c3ccc4c(c3)OCO4)n2)CCCC1. The number of likely N-dealkylation sites (tertiary alicyclic amines) is 1. The molecule has 0 radical (unpaired) electrons. The Hall–Kier alpha value is -2.32. The third-order valence-electron chi connectivity index (χ3n) is 5.80. The molecule has 0 spiro atoms. The van der Waals surface area contributed by atoms with Crippen molar-refractivity contribution in [2.45, 2.75) is 50.1 Å². The van der Waals surface area contributed by atoms with Crippen LogP contribution in [-0.4, -0.2) is 34.3 Å². The van der Waals surface area contributed by atoms with Crippen LogP contribution in [0.4, 0.5) is 0 Å². The Kier molecular flexibility index (Phi) is 4.93. The van der Waals surface area contributed by atoms with Gasteiger partial charge in [-0.3, -0.25) is 4.79 Å². The highest BCUT2D eigenvalue weighted by Gasteiger charge is 2.39. The molecule has 1 saturated carbocycles. The molecule has 1 unspecified atom stereocenters. The summed E-state index contributed by atoms with van der Waals surface area (Å²) >= 11 is 0. The molecular formula is C19H23ClN4O4. The molecule has 1 aliphatic carbocycles. The highest BCUT2D eigenvalue weighted by Crippen LogP contribution is 2.38. The topological polar surface area (TPSA) is 104 Å². The summed E-state index contributed by atoms with van der Waals surface area (Å²) in [7, 11) is 0. The highest BCUT2D eigenvalue weighted by atomic mass is 35.5. The minimum absolute atomic E-state index is 0. The molecule has 8 nitrogen and oxygen atoms in total. The summed E-state index contributed by atoms with van der Waals surface area (Å²) in [5.74, 6) is 2.24. The molecule has 1 saturated heterocycles. The molecule has 2 aromatic rings. The van der Waals surface area contributed by atoms with Crippen LogP contribution in [0.25, 0.3) is 0 Å². The fraction of sp³-hybridized carbons (Fsp3) is 0.526. The zero-order valence-electron chi connectivity index (χ0n) is 15.4. The summed E-state index contributed by atoms with van der Waals surface area (Å²) in [6.45, 7) is 0.842. The normalized spacial score (nSPS) is 22.3. The third kappa shape index (κ3) is 3.10. The number of hydrogen-bond acceptors (Lipinski definition) is 7. The lowest BCUT2D eigenvalue weighted by atomic mass is 9.98. The molecule has 5 rings (SSSR count). The first kappa shape index (κ1) is 19.0. The smallest absolute Gasteiger partial charge is 0.254 e. The largest absolute Gasteiger partial charge is 0.454 e. The Balaban J connectivity index is 0.00000192. The monoisotopic (exact) mass is 406 g/mol. The second-order valence-corrected chi connectivity index (χ2v) is 7.54. The van der Waals surface area contributed by atoms with Crippen LogP contribution in [0.2, 0.25) is 0 Å². The number of halogens is 1. The van der Waals surface area contributed by atoms with E-state index in [1.165, 1.54) is 0 Å². The van der Waals surface area contributed by atoms with Crippen molar-refractivity contribution >= 4 is 18.3 Å². The molecule has 28 heavy (non-hydrogen) atoms. The van der Waals surface area contributed by atoms with Gasteiger partial charge in [-0.1, -0.05) is 18.0 Å². The first-order chi connectivity index (χ1) is 13.1. The molecule has 9 heteroatoms. The highest BCUT2D eigenvalue weighted by molar-refractivity contribution is 5.95. The predicted molar refractivity (Wildman–Crippen MR) is 101 cm³/mol. The average Bonchev–Trinajstić information content (AvgIpc) is 3.46. The Labute approximate surface area is 168 Å². The maximum atomic E-state index is 13.1. The van der Waals surface area contributed by atoms with Gasteiger partial charge >= 0.3 is 0 Å². The van der Waals surface area contributed by atoms with E-state index >= 15 is 0 Å². The molecule has 3 aliphatic rings. The zero-order chi connectivity index (χ0) is 18.4. The van der Waals surface area contributed by atoms with Crippen molar-refractivity contribution in [3.8, 4) is 11.5 Å². The van der Waals surface area contributed by atoms with Crippen molar-refractivity contribution in [1.82, 2.24) is 15.0 Å². The summed E-state index contributed by atoms with van der Waals surface area (Å²) in [5.41, 5.74) is 6.51. The lowest BCUT2D eigenvalue weighted by Gasteiger charge is -2.22. The van der Waals surface area contributed by atoms with E-state index in [0.717, 1.165) is 38.5 Å². The van der Waals surface area contributed by atoms with Crippen LogP contribution in [0.5, 0.6) is 11.5 Å². The van der Waals surface area contributed by atoms with Gasteiger partial charge in [0.05, 0.1) is 5.54 Å². The number of benzene rings is 1. The number of fused-ring (bicyclic) bond motifs is 1. The molecule has 2 fully saturated rings. The van der Waals surface area contributed by atoms with E-state index in [4.69, 9.17) is 19.7 Å². The Bertz CT molecular complexity index is 881. The van der Waals surface area contributed by atoms with Crippen molar-refractivity contribution in [2.24, 2.45) is 5.73 Å². The van der Waals surface area contributed by atoms with Gasteiger partial charge in [-0.05, 0) is 43.9 Å². The fourth-order valence-electron chi connectivity index (χ4n) is 4.26. The number of carbonyl (C=O) groups is 1. The Morgan fingerprint density at radius 1 is 1.18 bits per heavy atom. The van der Waals surface area contributed by atoms with Crippen LogP contribution in [0.15, 0.2) is 22.7 Å². The summed E-state index contributed by atoms with van der Waals surface area (Å²) in [6, 6.07) is 5.04. The van der Waals surface area contributed by atoms with Crippen molar-refractivity contribution < 1.29 is 18.8 Å². The van der Waals surface area contributed by atoms with Crippen LogP contribution in [0.1, 0.15) is 66.6 Å². The van der Waals surface area contributed by atoms with Crippen LogP contribution in [-0.2, 0) is 5.54 Å². The number of amides is 1. The van der Waals surface area contributed by atoms with E-state index < -0.39 is 5.54 Å². The number of hydrogen-bond donors (Lipinski definition) is 1. The standard InChI is InChI=1S/C19H22N4O4.ClH/c20-19(7-1-2-8-19)18-21-16(27-22-18)13-4-3-9-23(13)17(24)12-5-6-14-15(10-12)26-11-25-14;/h5-6,10,13H,1-4,7-9,11,20H2;1H. The molecule has 1 aromatic carbocycles. The van der Waals surface area contributed by atoms with Gasteiger partial charge in [0.2, 0.25) is 12.7 Å². The van der Waals surface area contributed by atoms with Gasteiger partial charge in [0.1, 0.15) is 6.04 Å². The van der Waals surface area contributed by atoms with E-state index in [-0.39, 0.29) is 31.1 Å². The number of rotatable bonds is 3. The van der Waals surface area contributed by atoms with Crippen molar-refractivity contribution in [3.63, 3.8) is 0 Å². The van der Waals surface area contributed by atoms with Gasteiger partial charge in [0.25, 0.3) is 5.91 Å². The lowest BCUT2D eigenvalue weighted by molar-refractivity contribution is 0.0709. The van der Waals surface area contributed by atoms with Crippen LogP contribution in [0.3, 0.4) is 0 Å². The first-order valence-corrected chi connectivity index (χ1v) is 9.48. The van der Waals surface area contributed by atoms with Crippen LogP contribution < -0.4 is 15.2 Å². The van der Waals surface area contributed by atoms with E-state index in [2.05, 4.69) is 10.1 Å². The van der Waals surface area contributed by atoms with Gasteiger partial charge < -0.3 is 24.6 Å². The third-order valence-corrected chi connectivity index (χ3v) is 5.80. The number of ether oxygens (including phenoxy) is 2. The number of aromatic nitrogens is 2. The van der Waals surface area contributed by atoms with Crippen molar-refractivity contribution in [2.75, 3.05) is 13.3 Å². The number of carbonyl (C=O) groups excluding carboxylic acids is 1. The Morgan fingerprint density at radius 3 is 2.79 bits per heavy atom. The minimum Gasteiger partial charge on any atom is -0.454 e.